The zero-order chi connectivity index (χ0) is 15.2. The maximum absolute atomic E-state index is 13.0. The Morgan fingerprint density at radius 1 is 1.48 bits per heavy atom. The third-order valence-electron chi connectivity index (χ3n) is 3.79. The predicted molar refractivity (Wildman–Crippen MR) is 79.4 cm³/mol. The first-order chi connectivity index (χ1) is 10.1. The van der Waals surface area contributed by atoms with Crippen molar-refractivity contribution in [2.24, 2.45) is 0 Å². The van der Waals surface area contributed by atoms with Gasteiger partial charge in [0.1, 0.15) is 5.82 Å². The molecule has 1 aliphatic heterocycles. The van der Waals surface area contributed by atoms with Crippen molar-refractivity contribution in [1.29, 1.82) is 0 Å². The van der Waals surface area contributed by atoms with E-state index in [1.54, 1.807) is 7.11 Å². The molecule has 1 fully saturated rings. The van der Waals surface area contributed by atoms with Crippen molar-refractivity contribution in [1.82, 2.24) is 10.2 Å². The fourth-order valence-corrected chi connectivity index (χ4v) is 2.87. The number of ether oxygens (including phenoxy) is 1. The topological polar surface area (TPSA) is 41.6 Å². The van der Waals surface area contributed by atoms with Crippen LogP contribution in [0.5, 0.6) is 0 Å². The number of amides is 1. The molecule has 2 atom stereocenters. The summed E-state index contributed by atoms with van der Waals surface area (Å²) in [5.41, 5.74) is 1.08. The molecule has 1 aromatic carbocycles. The van der Waals surface area contributed by atoms with E-state index in [2.05, 4.69) is 10.2 Å². The van der Waals surface area contributed by atoms with Crippen molar-refractivity contribution in [2.45, 2.75) is 31.8 Å². The lowest BCUT2D eigenvalue weighted by Crippen LogP contribution is -2.42. The van der Waals surface area contributed by atoms with Crippen LogP contribution in [0.2, 0.25) is 0 Å². The average Bonchev–Trinajstić information content (AvgIpc) is 2.87. The largest absolute Gasteiger partial charge is 0.383 e. The third-order valence-corrected chi connectivity index (χ3v) is 3.79. The molecule has 21 heavy (non-hydrogen) atoms. The summed E-state index contributed by atoms with van der Waals surface area (Å²) in [5.74, 6) is -0.219. The van der Waals surface area contributed by atoms with E-state index in [-0.39, 0.29) is 23.8 Å². The van der Waals surface area contributed by atoms with Crippen LogP contribution in [0.25, 0.3) is 0 Å². The number of likely N-dealkylation sites (tertiary alicyclic amines) is 1. The number of carbonyl (C=O) groups is 1. The number of hydrogen-bond donors (Lipinski definition) is 1. The monoisotopic (exact) mass is 294 g/mol. The van der Waals surface area contributed by atoms with E-state index >= 15 is 0 Å². The Bertz CT molecular complexity index is 464. The fraction of sp³-hybridized carbons (Fsp3) is 0.562. The minimum atomic E-state index is -0.227. The zero-order valence-electron chi connectivity index (χ0n) is 12.6. The molecule has 1 aromatic rings. The quantitative estimate of drug-likeness (QED) is 0.874. The van der Waals surface area contributed by atoms with E-state index in [0.29, 0.717) is 13.2 Å². The summed E-state index contributed by atoms with van der Waals surface area (Å²) in [6.45, 7) is 3.69. The molecule has 0 spiro atoms. The molecular formula is C16H23FN2O2. The second-order valence-electron chi connectivity index (χ2n) is 5.60. The summed E-state index contributed by atoms with van der Waals surface area (Å²) in [6.07, 6.45) is 2.06. The second-order valence-corrected chi connectivity index (χ2v) is 5.60. The van der Waals surface area contributed by atoms with Gasteiger partial charge in [-0.05, 0) is 44.0 Å². The van der Waals surface area contributed by atoms with E-state index in [4.69, 9.17) is 4.74 Å². The number of hydrogen-bond acceptors (Lipinski definition) is 3. The molecular weight excluding hydrogens is 271 g/mol. The van der Waals surface area contributed by atoms with Gasteiger partial charge in [0.25, 0.3) is 0 Å². The maximum Gasteiger partial charge on any atom is 0.234 e. The Balaban J connectivity index is 1.92. The number of rotatable bonds is 6. The van der Waals surface area contributed by atoms with Crippen molar-refractivity contribution >= 4 is 5.91 Å². The number of carbonyl (C=O) groups excluding carboxylic acids is 1. The van der Waals surface area contributed by atoms with Gasteiger partial charge in [-0.2, -0.15) is 0 Å². The molecule has 1 aliphatic rings. The summed E-state index contributed by atoms with van der Waals surface area (Å²) in [7, 11) is 1.62. The Hall–Kier alpha value is -1.46. The molecule has 2 rings (SSSR count). The van der Waals surface area contributed by atoms with Crippen LogP contribution in [0.4, 0.5) is 4.39 Å². The molecule has 4 nitrogen and oxygen atoms in total. The van der Waals surface area contributed by atoms with Crippen molar-refractivity contribution in [2.75, 3.05) is 26.8 Å². The van der Waals surface area contributed by atoms with Crippen molar-refractivity contribution in [3.05, 3.63) is 35.6 Å². The Labute approximate surface area is 125 Å². The van der Waals surface area contributed by atoms with Gasteiger partial charge in [-0.25, -0.2) is 4.39 Å². The molecule has 0 bridgehead atoms. The molecule has 0 aromatic heterocycles. The Kier molecular flexibility index (Phi) is 5.70. The summed E-state index contributed by atoms with van der Waals surface area (Å²) in [6, 6.07) is 6.79. The lowest BCUT2D eigenvalue weighted by Gasteiger charge is -2.25. The number of benzene rings is 1. The Morgan fingerprint density at radius 3 is 2.86 bits per heavy atom. The van der Waals surface area contributed by atoms with E-state index < -0.39 is 0 Å². The van der Waals surface area contributed by atoms with Crippen LogP contribution in [0.3, 0.4) is 0 Å². The highest BCUT2D eigenvalue weighted by atomic mass is 19.1. The highest BCUT2D eigenvalue weighted by Gasteiger charge is 2.27. The van der Waals surface area contributed by atoms with Crippen molar-refractivity contribution in [3.63, 3.8) is 0 Å². The number of nitrogens with one attached hydrogen (secondary N) is 1. The lowest BCUT2D eigenvalue weighted by molar-refractivity contribution is -0.123. The van der Waals surface area contributed by atoms with Crippen LogP contribution in [0.1, 0.15) is 31.4 Å². The van der Waals surface area contributed by atoms with Crippen LogP contribution in [0, 0.1) is 5.82 Å². The minimum Gasteiger partial charge on any atom is -0.383 e. The van der Waals surface area contributed by atoms with Crippen LogP contribution >= 0.6 is 0 Å². The van der Waals surface area contributed by atoms with E-state index in [9.17, 15) is 9.18 Å². The van der Waals surface area contributed by atoms with Crippen LogP contribution in [-0.2, 0) is 9.53 Å². The molecule has 116 valence electrons. The normalized spacial score (nSPS) is 20.4. The summed E-state index contributed by atoms with van der Waals surface area (Å²) in [4.78, 5) is 14.2. The third kappa shape index (κ3) is 4.51. The van der Waals surface area contributed by atoms with E-state index in [1.807, 2.05) is 19.1 Å². The highest BCUT2D eigenvalue weighted by molar-refractivity contribution is 5.78. The first kappa shape index (κ1) is 15.9. The van der Waals surface area contributed by atoms with Gasteiger partial charge in [-0.15, -0.1) is 0 Å². The van der Waals surface area contributed by atoms with E-state index in [1.165, 1.54) is 12.1 Å². The summed E-state index contributed by atoms with van der Waals surface area (Å²) >= 11 is 0. The first-order valence-corrected chi connectivity index (χ1v) is 7.38. The van der Waals surface area contributed by atoms with Gasteiger partial charge < -0.3 is 10.1 Å². The van der Waals surface area contributed by atoms with E-state index in [0.717, 1.165) is 24.9 Å². The molecule has 0 radical (unpaired) electrons. The minimum absolute atomic E-state index is 0.00793. The number of halogens is 1. The van der Waals surface area contributed by atoms with Crippen molar-refractivity contribution in [3.8, 4) is 0 Å². The van der Waals surface area contributed by atoms with Gasteiger partial charge in [0.15, 0.2) is 0 Å². The molecule has 1 heterocycles. The lowest BCUT2D eigenvalue weighted by atomic mass is 10.0. The number of methoxy groups -OCH3 is 1. The maximum atomic E-state index is 13.0. The fourth-order valence-electron chi connectivity index (χ4n) is 2.87. The smallest absolute Gasteiger partial charge is 0.234 e. The zero-order valence-corrected chi connectivity index (χ0v) is 12.6. The number of nitrogens with zero attached hydrogens (tertiary/aromatic N) is 1. The van der Waals surface area contributed by atoms with Gasteiger partial charge in [0, 0.05) is 19.2 Å². The summed E-state index contributed by atoms with van der Waals surface area (Å²) < 4.78 is 18.0. The summed E-state index contributed by atoms with van der Waals surface area (Å²) in [5, 5.41) is 2.92. The van der Waals surface area contributed by atoms with Gasteiger partial charge >= 0.3 is 0 Å². The molecule has 1 N–H and O–H groups in total. The highest BCUT2D eigenvalue weighted by Crippen LogP contribution is 2.31. The molecule has 0 saturated carbocycles. The molecule has 0 aliphatic carbocycles. The Morgan fingerprint density at radius 2 is 2.19 bits per heavy atom. The van der Waals surface area contributed by atoms with Gasteiger partial charge in [0.2, 0.25) is 5.91 Å². The van der Waals surface area contributed by atoms with Gasteiger partial charge in [0.05, 0.1) is 13.2 Å². The van der Waals surface area contributed by atoms with Crippen molar-refractivity contribution < 1.29 is 13.9 Å². The van der Waals surface area contributed by atoms with Crippen LogP contribution in [-0.4, -0.2) is 43.7 Å². The SMILES string of the molecule is COC[C@@H](C)NC(=O)CN1CCC[C@@H]1c1ccc(F)cc1. The van der Waals surface area contributed by atoms with Gasteiger partial charge in [-0.3, -0.25) is 9.69 Å². The molecule has 5 heteroatoms. The second kappa shape index (κ2) is 7.52. The van der Waals surface area contributed by atoms with Gasteiger partial charge in [-0.1, -0.05) is 12.1 Å². The molecule has 0 unspecified atom stereocenters. The molecule has 1 amide bonds. The van der Waals surface area contributed by atoms with Crippen LogP contribution < -0.4 is 5.32 Å². The van der Waals surface area contributed by atoms with Crippen LogP contribution in [0.15, 0.2) is 24.3 Å². The predicted octanol–water partition coefficient (Wildman–Crippen LogP) is 2.11. The average molecular weight is 294 g/mol. The molecule has 1 saturated heterocycles. The standard InChI is InChI=1S/C16H23FN2O2/c1-12(11-21-2)18-16(20)10-19-9-3-4-15(19)13-5-7-14(17)8-6-13/h5-8,12,15H,3-4,9-11H2,1-2H3,(H,18,20)/t12-,15-/m1/s1. The first-order valence-electron chi connectivity index (χ1n) is 7.38.